The fourth-order valence-electron chi connectivity index (χ4n) is 3.46. The van der Waals surface area contributed by atoms with Gasteiger partial charge in [0.05, 0.1) is 5.52 Å². The molecule has 25 heavy (non-hydrogen) atoms. The first-order valence-corrected chi connectivity index (χ1v) is 8.80. The molecule has 2 aromatic heterocycles. The number of amides is 1. The van der Waals surface area contributed by atoms with E-state index >= 15 is 0 Å². The van der Waals surface area contributed by atoms with Crippen molar-refractivity contribution in [3.63, 3.8) is 0 Å². The average Bonchev–Trinajstić information content (AvgIpc) is 3.15. The second kappa shape index (κ2) is 6.75. The first-order valence-electron chi connectivity index (χ1n) is 8.80. The number of carbonyl (C=O) groups is 1. The maximum atomic E-state index is 12.5. The van der Waals surface area contributed by atoms with Crippen LogP contribution in [0.25, 0.3) is 10.9 Å². The molecule has 1 aromatic carbocycles. The molecule has 3 rings (SSSR count). The van der Waals surface area contributed by atoms with Crippen LogP contribution in [0, 0.1) is 20.8 Å². The molecule has 1 atom stereocenters. The summed E-state index contributed by atoms with van der Waals surface area (Å²) in [7, 11) is 0. The molecule has 2 N–H and O–H groups in total. The maximum Gasteiger partial charge on any atom is 0.243 e. The first-order chi connectivity index (χ1) is 11.9. The summed E-state index contributed by atoms with van der Waals surface area (Å²) >= 11 is 0. The van der Waals surface area contributed by atoms with Gasteiger partial charge in [-0.3, -0.25) is 4.79 Å². The number of nitrogens with zero attached hydrogens (tertiary/aromatic N) is 2. The monoisotopic (exact) mass is 338 g/mol. The van der Waals surface area contributed by atoms with Gasteiger partial charge in [-0.1, -0.05) is 18.6 Å². The molecule has 0 saturated heterocycles. The molecule has 5 nitrogen and oxygen atoms in total. The average molecular weight is 338 g/mol. The summed E-state index contributed by atoms with van der Waals surface area (Å²) in [4.78, 5) is 20.3. The molecule has 0 unspecified atom stereocenters. The Balaban J connectivity index is 1.83. The Morgan fingerprint density at radius 1 is 1.32 bits per heavy atom. The van der Waals surface area contributed by atoms with Crippen molar-refractivity contribution in [2.75, 3.05) is 0 Å². The zero-order valence-electron chi connectivity index (χ0n) is 15.6. The van der Waals surface area contributed by atoms with Crippen LogP contribution >= 0.6 is 0 Å². The summed E-state index contributed by atoms with van der Waals surface area (Å²) in [6.45, 7) is 10.7. The third kappa shape index (κ3) is 3.18. The Labute approximate surface area is 148 Å². The topological polar surface area (TPSA) is 62.7 Å². The van der Waals surface area contributed by atoms with Gasteiger partial charge in [0.1, 0.15) is 11.9 Å². The lowest BCUT2D eigenvalue weighted by Crippen LogP contribution is -2.30. The predicted octanol–water partition coefficient (Wildman–Crippen LogP) is 3.73. The van der Waals surface area contributed by atoms with Crippen LogP contribution in [-0.2, 0) is 17.8 Å². The van der Waals surface area contributed by atoms with Crippen LogP contribution in [0.4, 0.5) is 0 Å². The highest BCUT2D eigenvalue weighted by Crippen LogP contribution is 2.26. The van der Waals surface area contributed by atoms with Crippen molar-refractivity contribution in [3.05, 3.63) is 52.7 Å². The zero-order chi connectivity index (χ0) is 18.1. The molecule has 0 aliphatic carbocycles. The smallest absolute Gasteiger partial charge is 0.243 e. The minimum atomic E-state index is -0.278. The van der Waals surface area contributed by atoms with Crippen molar-refractivity contribution in [1.82, 2.24) is 19.9 Å². The highest BCUT2D eigenvalue weighted by atomic mass is 16.2. The van der Waals surface area contributed by atoms with Gasteiger partial charge in [0, 0.05) is 30.0 Å². The summed E-state index contributed by atoms with van der Waals surface area (Å²) in [5.74, 6) is 0.836. The third-order valence-corrected chi connectivity index (χ3v) is 4.96. The molecular formula is C20H26N4O. The lowest BCUT2D eigenvalue weighted by molar-refractivity contribution is -0.124. The van der Waals surface area contributed by atoms with Crippen molar-refractivity contribution in [2.45, 2.75) is 53.6 Å². The molecule has 0 fully saturated rings. The number of aromatic amines is 1. The van der Waals surface area contributed by atoms with Gasteiger partial charge in [0.15, 0.2) is 0 Å². The molecule has 1 amide bonds. The van der Waals surface area contributed by atoms with Crippen LogP contribution in [0.1, 0.15) is 48.1 Å². The molecule has 0 aliphatic rings. The Morgan fingerprint density at radius 3 is 2.72 bits per heavy atom. The normalized spacial score (nSPS) is 12.5. The number of H-pyrrole nitrogens is 1. The summed E-state index contributed by atoms with van der Waals surface area (Å²) in [6, 6.07) is 4.08. The van der Waals surface area contributed by atoms with E-state index in [0.29, 0.717) is 6.54 Å². The van der Waals surface area contributed by atoms with E-state index in [2.05, 4.69) is 48.2 Å². The Morgan fingerprint density at radius 2 is 2.08 bits per heavy atom. The van der Waals surface area contributed by atoms with Crippen molar-refractivity contribution < 1.29 is 4.79 Å². The highest BCUT2D eigenvalue weighted by Gasteiger charge is 2.17. The quantitative estimate of drug-likeness (QED) is 0.744. The van der Waals surface area contributed by atoms with Crippen molar-refractivity contribution in [2.24, 2.45) is 0 Å². The van der Waals surface area contributed by atoms with Crippen LogP contribution in [0.15, 0.2) is 24.5 Å². The Kier molecular flexibility index (Phi) is 4.66. The van der Waals surface area contributed by atoms with E-state index < -0.39 is 0 Å². The van der Waals surface area contributed by atoms with Gasteiger partial charge in [0.2, 0.25) is 5.91 Å². The number of imidazole rings is 1. The number of benzene rings is 1. The molecule has 0 saturated carbocycles. The summed E-state index contributed by atoms with van der Waals surface area (Å²) in [5.41, 5.74) is 6.03. The van der Waals surface area contributed by atoms with E-state index in [9.17, 15) is 4.79 Å². The minimum Gasteiger partial charge on any atom is -0.358 e. The fourth-order valence-corrected chi connectivity index (χ4v) is 3.46. The Hall–Kier alpha value is -2.56. The van der Waals surface area contributed by atoms with E-state index in [-0.39, 0.29) is 11.9 Å². The molecule has 0 spiro atoms. The van der Waals surface area contributed by atoms with E-state index in [1.54, 1.807) is 6.20 Å². The van der Waals surface area contributed by atoms with E-state index in [1.807, 2.05) is 24.6 Å². The van der Waals surface area contributed by atoms with E-state index in [4.69, 9.17) is 0 Å². The van der Waals surface area contributed by atoms with Crippen LogP contribution in [-0.4, -0.2) is 20.4 Å². The maximum absolute atomic E-state index is 12.5. The number of hydrogen-bond donors (Lipinski definition) is 2. The largest absolute Gasteiger partial charge is 0.358 e. The van der Waals surface area contributed by atoms with Crippen molar-refractivity contribution in [1.29, 1.82) is 0 Å². The molecule has 5 heteroatoms. The lowest BCUT2D eigenvalue weighted by Gasteiger charge is -2.15. The van der Waals surface area contributed by atoms with Gasteiger partial charge >= 0.3 is 0 Å². The molecule has 132 valence electrons. The second-order valence-corrected chi connectivity index (χ2v) is 6.70. The number of fused-ring (bicyclic) bond motifs is 1. The van der Waals surface area contributed by atoms with Gasteiger partial charge in [-0.05, 0) is 51.3 Å². The van der Waals surface area contributed by atoms with Crippen molar-refractivity contribution in [3.8, 4) is 0 Å². The molecule has 0 radical (unpaired) electrons. The molecule has 3 aromatic rings. The van der Waals surface area contributed by atoms with Crippen molar-refractivity contribution >= 4 is 16.8 Å². The van der Waals surface area contributed by atoms with E-state index in [0.717, 1.165) is 23.3 Å². The van der Waals surface area contributed by atoms with Gasteiger partial charge < -0.3 is 14.9 Å². The standard InChI is InChI=1S/C20H26N4O/c1-6-18-13(3)17-10-12(2)9-16(19(17)23-18)11-22-20(25)14(4)24-8-7-21-15(24)5/h7-10,14,23H,6,11H2,1-5H3,(H,22,25)/t14-/m0/s1. The van der Waals surface area contributed by atoms with Gasteiger partial charge in [-0.25, -0.2) is 4.98 Å². The third-order valence-electron chi connectivity index (χ3n) is 4.96. The Bertz CT molecular complexity index is 919. The number of aryl methyl sites for hydroxylation is 4. The van der Waals surface area contributed by atoms with Gasteiger partial charge in [0.25, 0.3) is 0 Å². The lowest BCUT2D eigenvalue weighted by atomic mass is 10.0. The number of aromatic nitrogens is 3. The van der Waals surface area contributed by atoms with Gasteiger partial charge in [-0.15, -0.1) is 0 Å². The second-order valence-electron chi connectivity index (χ2n) is 6.70. The number of hydrogen-bond acceptors (Lipinski definition) is 2. The van der Waals surface area contributed by atoms with Crippen LogP contribution in [0.5, 0.6) is 0 Å². The summed E-state index contributed by atoms with van der Waals surface area (Å²) < 4.78 is 1.88. The first kappa shape index (κ1) is 17.3. The molecule has 2 heterocycles. The molecule has 0 aliphatic heterocycles. The molecule has 0 bridgehead atoms. The van der Waals surface area contributed by atoms with Crippen LogP contribution in [0.2, 0.25) is 0 Å². The number of nitrogens with one attached hydrogen (secondary N) is 2. The van der Waals surface area contributed by atoms with Gasteiger partial charge in [-0.2, -0.15) is 0 Å². The number of carbonyl (C=O) groups excluding carboxylic acids is 1. The fraction of sp³-hybridized carbons (Fsp3) is 0.400. The summed E-state index contributed by atoms with van der Waals surface area (Å²) in [6.07, 6.45) is 4.53. The zero-order valence-corrected chi connectivity index (χ0v) is 15.6. The minimum absolute atomic E-state index is 0.00486. The van der Waals surface area contributed by atoms with E-state index in [1.165, 1.54) is 22.2 Å². The molecular weight excluding hydrogens is 312 g/mol. The number of rotatable bonds is 5. The summed E-state index contributed by atoms with van der Waals surface area (Å²) in [5, 5.41) is 4.32. The van der Waals surface area contributed by atoms with Crippen LogP contribution < -0.4 is 5.32 Å². The predicted molar refractivity (Wildman–Crippen MR) is 101 cm³/mol. The highest BCUT2D eigenvalue weighted by molar-refractivity contribution is 5.88. The SMILES string of the molecule is CCc1[nH]c2c(CNC(=O)[C@H](C)n3ccnc3C)cc(C)cc2c1C. The van der Waals surface area contributed by atoms with Crippen LogP contribution in [0.3, 0.4) is 0 Å².